The van der Waals surface area contributed by atoms with Crippen LogP contribution in [0.2, 0.25) is 0 Å². The molecule has 2 unspecified atom stereocenters. The molecule has 1 aromatic carbocycles. The molecule has 1 aromatic rings. The van der Waals surface area contributed by atoms with E-state index in [2.05, 4.69) is 10.3 Å². The number of esters is 2. The lowest BCUT2D eigenvalue weighted by Gasteiger charge is -2.51. The molecular formula is C22H27N5O12S. The Labute approximate surface area is 227 Å². The van der Waals surface area contributed by atoms with Crippen LogP contribution in [-0.2, 0) is 38.2 Å². The number of aliphatic hydroxyl groups is 3. The van der Waals surface area contributed by atoms with E-state index >= 15 is 0 Å². The number of hydroxylamine groups is 2. The number of carbonyl (C=O) groups excluding carboxylic acids is 3. The lowest BCUT2D eigenvalue weighted by molar-refractivity contribution is -0.305. The molecule has 18 heteroatoms. The highest BCUT2D eigenvalue weighted by molar-refractivity contribution is 7.86. The number of nitrogens with zero attached hydrogens (tertiary/aromatic N) is 3. The Morgan fingerprint density at radius 1 is 1.18 bits per heavy atom. The number of aryl methyl sites for hydroxylation is 1. The van der Waals surface area contributed by atoms with Crippen LogP contribution in [-0.4, -0.2) is 113 Å². The first-order chi connectivity index (χ1) is 18.7. The zero-order chi connectivity index (χ0) is 29.6. The number of aliphatic imine (C=N–C) groups is 1. The zero-order valence-corrected chi connectivity index (χ0v) is 22.2. The monoisotopic (exact) mass is 585 g/mol. The van der Waals surface area contributed by atoms with Gasteiger partial charge in [0.1, 0.15) is 31.3 Å². The third-order valence-corrected chi connectivity index (χ3v) is 7.66. The summed E-state index contributed by atoms with van der Waals surface area (Å²) in [4.78, 5) is 41.8. The van der Waals surface area contributed by atoms with E-state index in [9.17, 15) is 38.1 Å². The van der Waals surface area contributed by atoms with Gasteiger partial charge in [0, 0.05) is 13.8 Å². The van der Waals surface area contributed by atoms with Gasteiger partial charge in [-0.15, -0.1) is 4.28 Å². The quantitative estimate of drug-likeness (QED) is 0.206. The van der Waals surface area contributed by atoms with E-state index in [0.29, 0.717) is 16.3 Å². The van der Waals surface area contributed by atoms with Crippen molar-refractivity contribution in [2.45, 2.75) is 61.6 Å². The van der Waals surface area contributed by atoms with Crippen molar-refractivity contribution in [1.82, 2.24) is 15.3 Å². The van der Waals surface area contributed by atoms with Crippen LogP contribution in [0.4, 0.5) is 4.79 Å². The standard InChI is InChI=1S/C22H27N5O12S/c1-11-4-6-14(7-5-11)40(34,35)39-26-10-24-19(23)21(9-36-12(2)29)22(26,38-13(3)30)27(20(33)25-21)18-17(32)16(31)15(8-28)37-18/h4-7,10,15-18,23,28,31-32H,8-9H2,1-3H3,(H,25,33)/t15-,16-,17-,18-,21?,22?/m1/s1. The van der Waals surface area contributed by atoms with Crippen LogP contribution in [0, 0.1) is 12.3 Å². The van der Waals surface area contributed by atoms with E-state index in [0.717, 1.165) is 19.4 Å². The van der Waals surface area contributed by atoms with E-state index in [4.69, 9.17) is 23.9 Å². The SMILES string of the molecule is CC(=O)OCC12NC(=O)N([C@@H]3O[C@H](CO)[C@@H](O)[C@H]3O)C1(OC(C)=O)N(OS(=O)(=O)c1ccc(C)cc1)C=NC2=N. The van der Waals surface area contributed by atoms with Crippen molar-refractivity contribution in [3.63, 3.8) is 0 Å². The minimum absolute atomic E-state index is 0.331. The first-order valence-corrected chi connectivity index (χ1v) is 13.1. The third kappa shape index (κ3) is 4.57. The molecule has 2 amide bonds. The first-order valence-electron chi connectivity index (χ1n) is 11.7. The second-order valence-corrected chi connectivity index (χ2v) is 10.7. The van der Waals surface area contributed by atoms with Crippen LogP contribution < -0.4 is 5.32 Å². The van der Waals surface area contributed by atoms with Crippen molar-refractivity contribution < 1.29 is 56.6 Å². The number of amidine groups is 1. The fourth-order valence-electron chi connectivity index (χ4n) is 4.57. The van der Waals surface area contributed by atoms with Gasteiger partial charge in [0.2, 0.25) is 5.54 Å². The van der Waals surface area contributed by atoms with Gasteiger partial charge in [0.15, 0.2) is 12.1 Å². The van der Waals surface area contributed by atoms with E-state index < -0.39 is 83.1 Å². The highest BCUT2D eigenvalue weighted by Gasteiger charge is 2.77. The van der Waals surface area contributed by atoms with Crippen LogP contribution in [0.25, 0.3) is 0 Å². The highest BCUT2D eigenvalue weighted by Crippen LogP contribution is 2.46. The van der Waals surface area contributed by atoms with Crippen molar-refractivity contribution in [1.29, 1.82) is 5.41 Å². The van der Waals surface area contributed by atoms with Gasteiger partial charge in [-0.25, -0.2) is 14.7 Å². The molecule has 218 valence electrons. The van der Waals surface area contributed by atoms with Crippen molar-refractivity contribution in [3.05, 3.63) is 29.8 Å². The summed E-state index contributed by atoms with van der Waals surface area (Å²) < 4.78 is 48.1. The van der Waals surface area contributed by atoms with Crippen LogP contribution in [0.3, 0.4) is 0 Å². The lowest BCUT2D eigenvalue weighted by Crippen LogP contribution is -2.79. The van der Waals surface area contributed by atoms with Gasteiger partial charge in [-0.3, -0.25) is 15.0 Å². The van der Waals surface area contributed by atoms with Crippen molar-refractivity contribution >= 4 is 40.3 Å². The smallest absolute Gasteiger partial charge is 0.331 e. The molecule has 2 saturated heterocycles. The topological polar surface area (TPSA) is 238 Å². The van der Waals surface area contributed by atoms with Crippen LogP contribution in [0.5, 0.6) is 0 Å². The molecule has 3 aliphatic rings. The zero-order valence-electron chi connectivity index (χ0n) is 21.4. The maximum Gasteiger partial charge on any atom is 0.331 e. The van der Waals surface area contributed by atoms with Gasteiger partial charge in [-0.05, 0) is 19.1 Å². The number of hydrogen-bond donors (Lipinski definition) is 5. The van der Waals surface area contributed by atoms with Gasteiger partial charge < -0.3 is 34.8 Å². The molecule has 0 spiro atoms. The third-order valence-electron chi connectivity index (χ3n) is 6.45. The summed E-state index contributed by atoms with van der Waals surface area (Å²) >= 11 is 0. The van der Waals surface area contributed by atoms with Gasteiger partial charge in [-0.2, -0.15) is 13.5 Å². The normalized spacial score (nSPS) is 31.6. The predicted molar refractivity (Wildman–Crippen MR) is 129 cm³/mol. The Morgan fingerprint density at radius 2 is 1.82 bits per heavy atom. The summed E-state index contributed by atoms with van der Waals surface area (Å²) in [6.07, 6.45) is -6.39. The Kier molecular flexibility index (Phi) is 7.60. The second kappa shape index (κ2) is 10.4. The summed E-state index contributed by atoms with van der Waals surface area (Å²) in [5.41, 5.74) is -1.74. The predicted octanol–water partition coefficient (Wildman–Crippen LogP) is -2.08. The first kappa shape index (κ1) is 29.3. The number of aliphatic hydroxyl groups excluding tert-OH is 3. The molecule has 3 aliphatic heterocycles. The summed E-state index contributed by atoms with van der Waals surface area (Å²) in [5, 5.41) is 41.9. The molecule has 0 aromatic heterocycles. The Hall–Kier alpha value is -3.68. The molecule has 0 bridgehead atoms. The summed E-state index contributed by atoms with van der Waals surface area (Å²) in [6, 6.07) is 4.17. The van der Waals surface area contributed by atoms with Crippen molar-refractivity contribution in [3.8, 4) is 0 Å². The lowest BCUT2D eigenvalue weighted by atomic mass is 9.90. The molecule has 0 radical (unpaired) electrons. The Bertz CT molecular complexity index is 1350. The van der Waals surface area contributed by atoms with Crippen LogP contribution >= 0.6 is 0 Å². The number of nitrogens with one attached hydrogen (secondary N) is 2. The maximum atomic E-state index is 13.5. The Morgan fingerprint density at radius 3 is 2.38 bits per heavy atom. The number of amides is 2. The van der Waals surface area contributed by atoms with Crippen LogP contribution in [0.1, 0.15) is 19.4 Å². The van der Waals surface area contributed by atoms with Crippen molar-refractivity contribution in [2.75, 3.05) is 13.2 Å². The molecule has 2 fully saturated rings. The molecule has 0 aliphatic carbocycles. The van der Waals surface area contributed by atoms with Gasteiger partial charge >= 0.3 is 33.9 Å². The second-order valence-electron chi connectivity index (χ2n) is 9.18. The minimum atomic E-state index is -4.76. The molecule has 5 N–H and O–H groups in total. The average Bonchev–Trinajstić information content (AvgIpc) is 3.30. The average molecular weight is 586 g/mol. The fraction of sp³-hybridized carbons (Fsp3) is 0.500. The van der Waals surface area contributed by atoms with E-state index in [1.165, 1.54) is 24.3 Å². The summed E-state index contributed by atoms with van der Waals surface area (Å²) in [6.45, 7) is 1.88. The summed E-state index contributed by atoms with van der Waals surface area (Å²) in [5.74, 6) is -5.72. The highest BCUT2D eigenvalue weighted by atomic mass is 32.2. The Balaban J connectivity index is 1.94. The van der Waals surface area contributed by atoms with Crippen LogP contribution in [0.15, 0.2) is 34.2 Å². The van der Waals surface area contributed by atoms with Crippen molar-refractivity contribution in [2.24, 2.45) is 4.99 Å². The van der Waals surface area contributed by atoms with E-state index in [-0.39, 0.29) is 4.90 Å². The molecule has 6 atom stereocenters. The number of benzene rings is 1. The molecular weight excluding hydrogens is 558 g/mol. The number of ether oxygens (including phenoxy) is 3. The maximum absolute atomic E-state index is 13.5. The molecule has 0 saturated carbocycles. The molecule has 40 heavy (non-hydrogen) atoms. The summed E-state index contributed by atoms with van der Waals surface area (Å²) in [7, 11) is -4.76. The number of carbonyl (C=O) groups is 3. The number of fused-ring (bicyclic) bond motifs is 1. The largest absolute Gasteiger partial charge is 0.463 e. The van der Waals surface area contributed by atoms with E-state index in [1.54, 1.807) is 6.92 Å². The van der Waals surface area contributed by atoms with Gasteiger partial charge in [0.05, 0.1) is 11.5 Å². The molecule has 3 heterocycles. The fourth-order valence-corrected chi connectivity index (χ4v) is 5.48. The number of urea groups is 1. The minimum Gasteiger partial charge on any atom is -0.463 e. The number of hydrogen-bond acceptors (Lipinski definition) is 14. The number of rotatable bonds is 8. The van der Waals surface area contributed by atoms with E-state index in [1.807, 2.05) is 0 Å². The van der Waals surface area contributed by atoms with Gasteiger partial charge in [0.25, 0.3) is 0 Å². The van der Waals surface area contributed by atoms with Gasteiger partial charge in [-0.1, -0.05) is 17.7 Å². The molecule has 17 nitrogen and oxygen atoms in total. The molecule has 4 rings (SSSR count).